The van der Waals surface area contributed by atoms with Crippen molar-refractivity contribution in [1.29, 1.82) is 0 Å². The molecule has 6 nitrogen and oxygen atoms in total. The number of piperidine rings is 1. The van der Waals surface area contributed by atoms with Gasteiger partial charge in [0, 0.05) is 49.6 Å². The summed E-state index contributed by atoms with van der Waals surface area (Å²) >= 11 is 0. The lowest BCUT2D eigenvalue weighted by Gasteiger charge is -2.41. The minimum absolute atomic E-state index is 0.0274. The van der Waals surface area contributed by atoms with Gasteiger partial charge in [0.15, 0.2) is 0 Å². The molecule has 5 rings (SSSR count). The Kier molecular flexibility index (Phi) is 6.26. The number of aromatic nitrogens is 3. The van der Waals surface area contributed by atoms with Gasteiger partial charge in [-0.15, -0.1) is 0 Å². The van der Waals surface area contributed by atoms with Crippen LogP contribution >= 0.6 is 0 Å². The second-order valence-electron chi connectivity index (χ2n) is 9.58. The van der Waals surface area contributed by atoms with Gasteiger partial charge in [-0.2, -0.15) is 0 Å². The number of nitrogens with zero attached hydrogens (tertiary/aromatic N) is 5. The maximum Gasteiger partial charge on any atom is 0.229 e. The van der Waals surface area contributed by atoms with Gasteiger partial charge < -0.3 is 9.80 Å². The van der Waals surface area contributed by atoms with E-state index in [1.807, 2.05) is 35.2 Å². The number of likely N-dealkylation sites (tertiary alicyclic amines) is 1. The van der Waals surface area contributed by atoms with Gasteiger partial charge in [0.2, 0.25) is 11.9 Å². The second-order valence-corrected chi connectivity index (χ2v) is 9.58. The molecule has 4 heterocycles. The van der Waals surface area contributed by atoms with Crippen LogP contribution in [0.15, 0.2) is 60.9 Å². The van der Waals surface area contributed by atoms with E-state index in [2.05, 4.69) is 21.8 Å². The molecule has 0 spiro atoms. The van der Waals surface area contributed by atoms with Crippen molar-refractivity contribution in [3.63, 3.8) is 0 Å². The first-order valence-corrected chi connectivity index (χ1v) is 12.1. The first-order chi connectivity index (χ1) is 16.5. The highest BCUT2D eigenvalue weighted by molar-refractivity contribution is 5.83. The number of amides is 1. The molecule has 2 fully saturated rings. The highest BCUT2D eigenvalue weighted by atomic mass is 19.1. The van der Waals surface area contributed by atoms with Gasteiger partial charge in [-0.05, 0) is 55.5 Å². The van der Waals surface area contributed by atoms with E-state index < -0.39 is 5.41 Å². The van der Waals surface area contributed by atoms with Crippen molar-refractivity contribution in [3.8, 4) is 0 Å². The fraction of sp³-hybridized carbons (Fsp3) is 0.407. The van der Waals surface area contributed by atoms with Gasteiger partial charge in [0.25, 0.3) is 0 Å². The molecule has 0 radical (unpaired) electrons. The largest absolute Gasteiger partial charge is 0.341 e. The maximum absolute atomic E-state index is 14.1. The molecule has 1 atom stereocenters. The Bertz CT molecular complexity index is 1150. The number of rotatable bonds is 5. The molecule has 1 amide bonds. The van der Waals surface area contributed by atoms with E-state index in [0.29, 0.717) is 12.0 Å². The Labute approximate surface area is 199 Å². The Hall–Kier alpha value is -3.35. The third-order valence-electron chi connectivity index (χ3n) is 7.23. The third-order valence-corrected chi connectivity index (χ3v) is 7.23. The zero-order valence-corrected chi connectivity index (χ0v) is 19.5. The van der Waals surface area contributed by atoms with E-state index in [-0.39, 0.29) is 17.8 Å². The summed E-state index contributed by atoms with van der Waals surface area (Å²) < 4.78 is 14.1. The molecule has 0 saturated carbocycles. The van der Waals surface area contributed by atoms with E-state index in [9.17, 15) is 9.18 Å². The minimum atomic E-state index is -0.404. The molecule has 7 heteroatoms. The van der Waals surface area contributed by atoms with E-state index in [4.69, 9.17) is 4.98 Å². The van der Waals surface area contributed by atoms with Gasteiger partial charge in [-0.1, -0.05) is 31.2 Å². The third kappa shape index (κ3) is 4.52. The minimum Gasteiger partial charge on any atom is -0.341 e. The average molecular weight is 460 g/mol. The van der Waals surface area contributed by atoms with Gasteiger partial charge in [-0.25, -0.2) is 14.4 Å². The van der Waals surface area contributed by atoms with Crippen molar-refractivity contribution in [2.45, 2.75) is 45.1 Å². The molecule has 2 aliphatic rings. The first-order valence-electron chi connectivity index (χ1n) is 12.1. The number of hydrogen-bond donors (Lipinski definition) is 0. The summed E-state index contributed by atoms with van der Waals surface area (Å²) in [4.78, 5) is 31.5. The summed E-state index contributed by atoms with van der Waals surface area (Å²) in [5.74, 6) is 0.726. The topological polar surface area (TPSA) is 62.2 Å². The second kappa shape index (κ2) is 9.49. The first kappa shape index (κ1) is 22.4. The summed E-state index contributed by atoms with van der Waals surface area (Å²) in [5, 5.41) is 0. The highest BCUT2D eigenvalue weighted by Crippen LogP contribution is 2.40. The predicted octanol–water partition coefficient (Wildman–Crippen LogP) is 4.57. The van der Waals surface area contributed by atoms with Gasteiger partial charge in [-0.3, -0.25) is 9.78 Å². The fourth-order valence-electron chi connectivity index (χ4n) is 5.15. The molecular formula is C27H30FN5O. The number of halogens is 1. The van der Waals surface area contributed by atoms with Crippen LogP contribution in [-0.2, 0) is 11.2 Å². The summed E-state index contributed by atoms with van der Waals surface area (Å²) in [7, 11) is 0. The zero-order chi connectivity index (χ0) is 23.5. The molecule has 34 heavy (non-hydrogen) atoms. The Morgan fingerprint density at radius 1 is 1.03 bits per heavy atom. The molecule has 2 aliphatic heterocycles. The van der Waals surface area contributed by atoms with E-state index >= 15 is 0 Å². The van der Waals surface area contributed by atoms with Crippen LogP contribution in [0.25, 0.3) is 0 Å². The summed E-state index contributed by atoms with van der Waals surface area (Å²) in [6, 6.07) is 14.5. The molecule has 0 unspecified atom stereocenters. The molecule has 0 N–H and O–H groups in total. The van der Waals surface area contributed by atoms with Crippen molar-refractivity contribution in [2.75, 3.05) is 24.5 Å². The highest BCUT2D eigenvalue weighted by Gasteiger charge is 2.43. The fourth-order valence-corrected chi connectivity index (χ4v) is 5.15. The summed E-state index contributed by atoms with van der Waals surface area (Å²) in [5.41, 5.74) is 1.95. The summed E-state index contributed by atoms with van der Waals surface area (Å²) in [6.45, 7) is 4.38. The monoisotopic (exact) mass is 459 g/mol. The quantitative estimate of drug-likeness (QED) is 0.559. The number of carbonyl (C=O) groups excluding carboxylic acids is 1. The lowest BCUT2D eigenvalue weighted by atomic mass is 9.79. The van der Waals surface area contributed by atoms with Crippen LogP contribution in [0.2, 0.25) is 0 Å². The number of carbonyl (C=O) groups is 1. The van der Waals surface area contributed by atoms with Crippen LogP contribution < -0.4 is 4.90 Å². The van der Waals surface area contributed by atoms with Gasteiger partial charge in [0.05, 0.1) is 11.7 Å². The number of benzene rings is 1. The van der Waals surface area contributed by atoms with Gasteiger partial charge >= 0.3 is 0 Å². The van der Waals surface area contributed by atoms with Crippen LogP contribution in [0.4, 0.5) is 10.3 Å². The molecule has 176 valence electrons. The lowest BCUT2D eigenvalue weighted by molar-refractivity contribution is -0.143. The maximum atomic E-state index is 14.1. The Morgan fingerprint density at radius 3 is 2.56 bits per heavy atom. The molecule has 2 saturated heterocycles. The smallest absolute Gasteiger partial charge is 0.229 e. The summed E-state index contributed by atoms with van der Waals surface area (Å²) in [6.07, 6.45) is 7.36. The molecule has 0 bridgehead atoms. The van der Waals surface area contributed by atoms with E-state index in [1.54, 1.807) is 24.5 Å². The zero-order valence-electron chi connectivity index (χ0n) is 19.5. The van der Waals surface area contributed by atoms with E-state index in [0.717, 1.165) is 62.7 Å². The molecule has 2 aromatic heterocycles. The van der Waals surface area contributed by atoms with Crippen molar-refractivity contribution in [3.05, 3.63) is 83.7 Å². The van der Waals surface area contributed by atoms with Crippen molar-refractivity contribution in [2.24, 2.45) is 5.41 Å². The SMILES string of the molecule is CC1(C(=O)N2CCC[C@H]2c2cccc(Cc3ccccc3F)n2)CCN(c2ncccn2)CC1. The van der Waals surface area contributed by atoms with Crippen LogP contribution in [0.1, 0.15) is 55.6 Å². The molecular weight excluding hydrogens is 429 g/mol. The molecule has 1 aromatic carbocycles. The van der Waals surface area contributed by atoms with Crippen LogP contribution in [0.5, 0.6) is 0 Å². The Morgan fingerprint density at radius 2 is 1.79 bits per heavy atom. The van der Waals surface area contributed by atoms with Gasteiger partial charge in [0.1, 0.15) is 5.82 Å². The molecule has 3 aromatic rings. The standard InChI is InChI=1S/C27H30FN5O/c1-27(12-17-32(18-13-27)26-29-14-6-15-30-26)25(34)33-16-5-11-24(33)23-10-4-8-21(31-23)19-20-7-2-3-9-22(20)28/h2-4,6-10,14-15,24H,5,11-13,16-19H2,1H3/t24-/m0/s1. The normalized spacial score (nSPS) is 19.9. The van der Waals surface area contributed by atoms with Crippen molar-refractivity contribution >= 4 is 11.9 Å². The number of anilines is 1. The van der Waals surface area contributed by atoms with E-state index in [1.165, 1.54) is 6.07 Å². The van der Waals surface area contributed by atoms with Crippen molar-refractivity contribution in [1.82, 2.24) is 19.9 Å². The average Bonchev–Trinajstić information content (AvgIpc) is 3.36. The van der Waals surface area contributed by atoms with Crippen LogP contribution in [0.3, 0.4) is 0 Å². The van der Waals surface area contributed by atoms with Crippen molar-refractivity contribution < 1.29 is 9.18 Å². The van der Waals surface area contributed by atoms with Crippen LogP contribution in [0, 0.1) is 11.2 Å². The number of pyridine rings is 1. The number of hydrogen-bond acceptors (Lipinski definition) is 5. The lowest BCUT2D eigenvalue weighted by Crippen LogP contribution is -2.49. The predicted molar refractivity (Wildman–Crippen MR) is 129 cm³/mol. The molecule has 0 aliphatic carbocycles. The van der Waals surface area contributed by atoms with Crippen LogP contribution in [-0.4, -0.2) is 45.4 Å². The Balaban J connectivity index is 1.29.